The van der Waals surface area contributed by atoms with Crippen molar-refractivity contribution < 1.29 is 9.53 Å². The highest BCUT2D eigenvalue weighted by atomic mass is 35.5. The van der Waals surface area contributed by atoms with Crippen LogP contribution in [0.25, 0.3) is 32.8 Å². The van der Waals surface area contributed by atoms with Gasteiger partial charge in [0.1, 0.15) is 16.8 Å². The Morgan fingerprint density at radius 2 is 1.60 bits per heavy atom. The maximum atomic E-state index is 12.7. The van der Waals surface area contributed by atoms with E-state index in [0.717, 1.165) is 16.3 Å². The molecule has 0 unspecified atom stereocenters. The zero-order chi connectivity index (χ0) is 17.4. The Morgan fingerprint density at radius 1 is 1.00 bits per heavy atom. The molecule has 3 aromatic carbocycles. The second kappa shape index (κ2) is 6.18. The van der Waals surface area contributed by atoms with Gasteiger partial charge in [0, 0.05) is 10.8 Å². The third kappa shape index (κ3) is 2.44. The fourth-order valence-corrected chi connectivity index (χ4v) is 3.19. The molecule has 4 rings (SSSR count). The van der Waals surface area contributed by atoms with Crippen LogP contribution in [0, 0.1) is 0 Å². The van der Waals surface area contributed by atoms with E-state index in [-0.39, 0.29) is 11.9 Å². The molecule has 6 heteroatoms. The van der Waals surface area contributed by atoms with Crippen LogP contribution in [0.2, 0.25) is 0 Å². The number of rotatable bonds is 3. The van der Waals surface area contributed by atoms with Crippen molar-refractivity contribution in [1.29, 1.82) is 0 Å². The topological polar surface area (TPSA) is 64.1 Å². The van der Waals surface area contributed by atoms with Crippen molar-refractivity contribution in [3.63, 3.8) is 0 Å². The molecule has 124 valence electrons. The van der Waals surface area contributed by atoms with Gasteiger partial charge in [-0.25, -0.2) is 9.97 Å². The summed E-state index contributed by atoms with van der Waals surface area (Å²) in [5.41, 5.74) is 2.99. The van der Waals surface area contributed by atoms with E-state index in [1.165, 1.54) is 0 Å². The van der Waals surface area contributed by atoms with Crippen LogP contribution in [0.4, 0.5) is 0 Å². The number of alkyl halides is 1. The first kappa shape index (κ1) is 15.6. The molecule has 1 aromatic heterocycles. The van der Waals surface area contributed by atoms with Gasteiger partial charge in [0.2, 0.25) is 0 Å². The maximum Gasteiger partial charge on any atom is 0.258 e. The number of aromatic nitrogens is 2. The second-order valence-corrected chi connectivity index (χ2v) is 5.77. The highest BCUT2D eigenvalue weighted by Gasteiger charge is 2.22. The molecule has 5 nitrogen and oxygen atoms in total. The number of carbonyl (C=O) groups excluding carboxylic acids is 1. The molecule has 0 fully saturated rings. The molecule has 1 heterocycles. The molecule has 1 N–H and O–H groups in total. The van der Waals surface area contributed by atoms with Gasteiger partial charge in [-0.05, 0) is 12.1 Å². The summed E-state index contributed by atoms with van der Waals surface area (Å²) < 4.78 is 5.57. The van der Waals surface area contributed by atoms with Crippen molar-refractivity contribution in [3.8, 4) is 5.75 Å². The van der Waals surface area contributed by atoms with Crippen molar-refractivity contribution in [2.45, 2.75) is 0 Å². The molecule has 0 aliphatic heterocycles. The van der Waals surface area contributed by atoms with E-state index in [1.807, 2.05) is 48.5 Å². The molecule has 0 aliphatic carbocycles. The zero-order valence-corrected chi connectivity index (χ0v) is 14.2. The van der Waals surface area contributed by atoms with Gasteiger partial charge in [-0.2, -0.15) is 0 Å². The predicted octanol–water partition coefficient (Wildman–Crippen LogP) is 3.87. The number of hydrogen-bond donors (Lipinski definition) is 1. The van der Waals surface area contributed by atoms with Crippen LogP contribution in [-0.4, -0.2) is 29.0 Å². The Balaban J connectivity index is 2.24. The standard InChI is InChI=1S/C19H14ClN3O2/c1-25-18-12-7-3-2-6-11(12)16-17(15(18)19(24)21-10-20)23-14-9-5-4-8-13(14)22-16/h2-9H,10H2,1H3,(H,21,24). The van der Waals surface area contributed by atoms with E-state index < -0.39 is 0 Å². The highest BCUT2D eigenvalue weighted by Crippen LogP contribution is 2.37. The molecule has 25 heavy (non-hydrogen) atoms. The number of fused-ring (bicyclic) bond motifs is 4. The minimum atomic E-state index is -0.341. The summed E-state index contributed by atoms with van der Waals surface area (Å²) in [4.78, 5) is 22.1. The van der Waals surface area contributed by atoms with Crippen LogP contribution in [0.5, 0.6) is 5.75 Å². The van der Waals surface area contributed by atoms with Crippen LogP contribution in [0.3, 0.4) is 0 Å². The molecule has 0 radical (unpaired) electrons. The lowest BCUT2D eigenvalue weighted by Crippen LogP contribution is -2.23. The Bertz CT molecular complexity index is 1130. The Kier molecular flexibility index (Phi) is 3.86. The number of methoxy groups -OCH3 is 1. The number of ether oxygens (including phenoxy) is 1. The zero-order valence-electron chi connectivity index (χ0n) is 13.4. The van der Waals surface area contributed by atoms with Gasteiger partial charge in [0.05, 0.1) is 29.7 Å². The van der Waals surface area contributed by atoms with Gasteiger partial charge < -0.3 is 10.1 Å². The summed E-state index contributed by atoms with van der Waals surface area (Å²) in [5.74, 6) is 0.127. The molecule has 4 aromatic rings. The fraction of sp³-hybridized carbons (Fsp3) is 0.105. The molecular formula is C19H14ClN3O2. The Hall–Kier alpha value is -2.92. The van der Waals surface area contributed by atoms with Crippen LogP contribution in [0.15, 0.2) is 48.5 Å². The third-order valence-electron chi connectivity index (χ3n) is 4.12. The summed E-state index contributed by atoms with van der Waals surface area (Å²) >= 11 is 5.70. The van der Waals surface area contributed by atoms with E-state index in [2.05, 4.69) is 5.32 Å². The molecule has 0 spiro atoms. The molecule has 0 saturated carbocycles. The van der Waals surface area contributed by atoms with Crippen molar-refractivity contribution in [1.82, 2.24) is 15.3 Å². The second-order valence-electron chi connectivity index (χ2n) is 5.50. The van der Waals surface area contributed by atoms with Crippen LogP contribution >= 0.6 is 11.6 Å². The molecule has 0 bridgehead atoms. The number of halogens is 1. The summed E-state index contributed by atoms with van der Waals surface area (Å²) in [5, 5.41) is 4.31. The first-order chi connectivity index (χ1) is 12.2. The maximum absolute atomic E-state index is 12.7. The first-order valence-electron chi connectivity index (χ1n) is 7.74. The van der Waals surface area contributed by atoms with Gasteiger partial charge >= 0.3 is 0 Å². The largest absolute Gasteiger partial charge is 0.495 e. The van der Waals surface area contributed by atoms with E-state index >= 15 is 0 Å². The summed E-state index contributed by atoms with van der Waals surface area (Å²) in [7, 11) is 1.54. The number of para-hydroxylation sites is 2. The monoisotopic (exact) mass is 351 g/mol. The molecule has 0 aliphatic rings. The number of benzene rings is 3. The van der Waals surface area contributed by atoms with Crippen LogP contribution in [-0.2, 0) is 0 Å². The smallest absolute Gasteiger partial charge is 0.258 e. The average molecular weight is 352 g/mol. The minimum Gasteiger partial charge on any atom is -0.495 e. The van der Waals surface area contributed by atoms with E-state index in [0.29, 0.717) is 27.9 Å². The molecule has 1 amide bonds. The first-order valence-corrected chi connectivity index (χ1v) is 8.27. The van der Waals surface area contributed by atoms with Gasteiger partial charge in [-0.3, -0.25) is 4.79 Å². The average Bonchev–Trinajstić information content (AvgIpc) is 2.65. The highest BCUT2D eigenvalue weighted by molar-refractivity contribution is 6.22. The Labute approximate surface area is 148 Å². The third-order valence-corrected chi connectivity index (χ3v) is 4.25. The number of amides is 1. The number of nitrogens with one attached hydrogen (secondary N) is 1. The summed E-state index contributed by atoms with van der Waals surface area (Å²) in [6.45, 7) is 0. The Morgan fingerprint density at radius 3 is 2.24 bits per heavy atom. The lowest BCUT2D eigenvalue weighted by atomic mass is 10.0. The van der Waals surface area contributed by atoms with E-state index in [4.69, 9.17) is 26.3 Å². The summed E-state index contributed by atoms with van der Waals surface area (Å²) in [6.07, 6.45) is 0. The van der Waals surface area contributed by atoms with Crippen molar-refractivity contribution in [2.75, 3.05) is 13.1 Å². The molecule has 0 atom stereocenters. The van der Waals surface area contributed by atoms with E-state index in [1.54, 1.807) is 7.11 Å². The van der Waals surface area contributed by atoms with Gasteiger partial charge in [0.15, 0.2) is 0 Å². The van der Waals surface area contributed by atoms with Gasteiger partial charge in [0.25, 0.3) is 5.91 Å². The van der Waals surface area contributed by atoms with Crippen LogP contribution < -0.4 is 10.1 Å². The fourth-order valence-electron chi connectivity index (χ4n) is 3.06. The van der Waals surface area contributed by atoms with Crippen molar-refractivity contribution in [2.24, 2.45) is 0 Å². The number of hydrogen-bond acceptors (Lipinski definition) is 4. The predicted molar refractivity (Wildman–Crippen MR) is 99.3 cm³/mol. The summed E-state index contributed by atoms with van der Waals surface area (Å²) in [6, 6.07) is 15.2. The molecule has 0 saturated heterocycles. The van der Waals surface area contributed by atoms with Crippen molar-refractivity contribution in [3.05, 3.63) is 54.1 Å². The van der Waals surface area contributed by atoms with Gasteiger partial charge in [-0.15, -0.1) is 11.6 Å². The minimum absolute atomic E-state index is 0.00266. The van der Waals surface area contributed by atoms with Crippen LogP contribution in [0.1, 0.15) is 10.4 Å². The lowest BCUT2D eigenvalue weighted by molar-refractivity contribution is 0.0959. The molecular weight excluding hydrogens is 338 g/mol. The van der Waals surface area contributed by atoms with Crippen molar-refractivity contribution >= 4 is 50.3 Å². The number of carbonyl (C=O) groups is 1. The van der Waals surface area contributed by atoms with E-state index in [9.17, 15) is 4.79 Å². The van der Waals surface area contributed by atoms with Gasteiger partial charge in [-0.1, -0.05) is 36.4 Å². The normalized spacial score (nSPS) is 11.1. The lowest BCUT2D eigenvalue weighted by Gasteiger charge is -2.15. The SMILES string of the molecule is COc1c(C(=O)NCCl)c2nc3ccccc3nc2c2ccccc12. The quantitative estimate of drug-likeness (QED) is 0.263. The number of nitrogens with zero attached hydrogens (tertiary/aromatic N) is 2.